The molecule has 0 aromatic rings. The topological polar surface area (TPSA) is 38.5 Å². The van der Waals surface area contributed by atoms with Crippen molar-refractivity contribution < 1.29 is 4.74 Å². The minimum Gasteiger partial charge on any atom is -0.381 e. The lowest BCUT2D eigenvalue weighted by Gasteiger charge is -2.30. The van der Waals surface area contributed by atoms with Crippen LogP contribution in [0.2, 0.25) is 0 Å². The first-order valence-corrected chi connectivity index (χ1v) is 5.35. The Hall–Kier alpha value is -0.120. The number of hydrogen-bond donors (Lipinski definition) is 1. The van der Waals surface area contributed by atoms with Crippen molar-refractivity contribution in [3.05, 3.63) is 0 Å². The maximum absolute atomic E-state index is 6.00. The van der Waals surface area contributed by atoms with Gasteiger partial charge in [0.2, 0.25) is 0 Å². The molecule has 2 saturated heterocycles. The van der Waals surface area contributed by atoms with Gasteiger partial charge in [0.05, 0.1) is 0 Å². The first-order chi connectivity index (χ1) is 6.27. The van der Waals surface area contributed by atoms with Crippen LogP contribution in [0.3, 0.4) is 0 Å². The first-order valence-electron chi connectivity index (χ1n) is 5.35. The summed E-state index contributed by atoms with van der Waals surface area (Å²) in [5.41, 5.74) is 6.00. The predicted molar refractivity (Wildman–Crippen MR) is 52.6 cm³/mol. The summed E-state index contributed by atoms with van der Waals surface area (Å²) in [5.74, 6) is 0.669. The summed E-state index contributed by atoms with van der Waals surface area (Å²) in [4.78, 5) is 2.55. The van der Waals surface area contributed by atoms with E-state index in [1.807, 2.05) is 0 Å². The quantitative estimate of drug-likeness (QED) is 0.643. The number of ether oxygens (including phenoxy) is 1. The minimum atomic E-state index is 0.392. The van der Waals surface area contributed by atoms with E-state index in [2.05, 4.69) is 11.8 Å². The number of rotatable bonds is 1. The fourth-order valence-corrected chi connectivity index (χ4v) is 2.38. The van der Waals surface area contributed by atoms with Crippen molar-refractivity contribution >= 4 is 0 Å². The Bertz CT molecular complexity index is 158. The van der Waals surface area contributed by atoms with E-state index in [1.165, 1.54) is 19.4 Å². The number of hydrogen-bond acceptors (Lipinski definition) is 3. The van der Waals surface area contributed by atoms with Gasteiger partial charge in [0, 0.05) is 38.4 Å². The van der Waals surface area contributed by atoms with E-state index in [1.54, 1.807) is 0 Å². The number of nitrogens with zero attached hydrogens (tertiary/aromatic N) is 1. The summed E-state index contributed by atoms with van der Waals surface area (Å²) in [6.45, 7) is 6.40. The molecule has 13 heavy (non-hydrogen) atoms. The van der Waals surface area contributed by atoms with Gasteiger partial charge in [0.25, 0.3) is 0 Å². The largest absolute Gasteiger partial charge is 0.381 e. The van der Waals surface area contributed by atoms with Crippen LogP contribution in [0.25, 0.3) is 0 Å². The van der Waals surface area contributed by atoms with Crippen molar-refractivity contribution in [1.29, 1.82) is 0 Å². The van der Waals surface area contributed by atoms with Crippen molar-refractivity contribution in [2.45, 2.75) is 31.8 Å². The molecular weight excluding hydrogens is 164 g/mol. The summed E-state index contributed by atoms with van der Waals surface area (Å²) in [6, 6.07) is 1.13. The van der Waals surface area contributed by atoms with Crippen molar-refractivity contribution in [2.75, 3.05) is 26.3 Å². The molecule has 76 valence electrons. The van der Waals surface area contributed by atoms with Crippen LogP contribution < -0.4 is 5.73 Å². The molecule has 2 fully saturated rings. The molecule has 2 heterocycles. The summed E-state index contributed by atoms with van der Waals surface area (Å²) in [6.07, 6.45) is 2.39. The van der Waals surface area contributed by atoms with Crippen LogP contribution in [0.15, 0.2) is 0 Å². The van der Waals surface area contributed by atoms with E-state index in [-0.39, 0.29) is 0 Å². The lowest BCUT2D eigenvalue weighted by Crippen LogP contribution is -2.39. The molecule has 0 saturated carbocycles. The highest BCUT2D eigenvalue weighted by Gasteiger charge is 2.31. The van der Waals surface area contributed by atoms with Crippen LogP contribution >= 0.6 is 0 Å². The summed E-state index contributed by atoms with van der Waals surface area (Å²) < 4.78 is 5.36. The van der Waals surface area contributed by atoms with Gasteiger partial charge in [-0.2, -0.15) is 0 Å². The van der Waals surface area contributed by atoms with E-state index in [0.29, 0.717) is 12.0 Å². The molecule has 0 radical (unpaired) electrons. The second-order valence-corrected chi connectivity index (χ2v) is 4.44. The molecule has 2 aliphatic heterocycles. The molecule has 0 aliphatic carbocycles. The smallest absolute Gasteiger partial charge is 0.0480 e. The summed E-state index contributed by atoms with van der Waals surface area (Å²) in [5, 5.41) is 0. The molecule has 0 amide bonds. The van der Waals surface area contributed by atoms with Gasteiger partial charge in [0.15, 0.2) is 0 Å². The molecule has 2 aliphatic rings. The fourth-order valence-electron chi connectivity index (χ4n) is 2.38. The zero-order valence-corrected chi connectivity index (χ0v) is 8.41. The number of nitrogens with two attached hydrogens (primary N) is 1. The minimum absolute atomic E-state index is 0.392. The Labute approximate surface area is 80.2 Å². The van der Waals surface area contributed by atoms with Gasteiger partial charge in [-0.25, -0.2) is 0 Å². The standard InChI is InChI=1S/C10H20N2O/c1-8-6-12(7-10(8)11)9-2-4-13-5-3-9/h8-10H,2-7,11H2,1H3. The number of likely N-dealkylation sites (tertiary alicyclic amines) is 1. The summed E-state index contributed by atoms with van der Waals surface area (Å²) in [7, 11) is 0. The Kier molecular flexibility index (Phi) is 2.86. The van der Waals surface area contributed by atoms with Gasteiger partial charge in [-0.1, -0.05) is 6.92 Å². The highest BCUT2D eigenvalue weighted by Crippen LogP contribution is 2.22. The van der Waals surface area contributed by atoms with Crippen LogP contribution in [-0.4, -0.2) is 43.3 Å². The zero-order valence-electron chi connectivity index (χ0n) is 8.41. The van der Waals surface area contributed by atoms with E-state index >= 15 is 0 Å². The third-order valence-electron chi connectivity index (χ3n) is 3.41. The van der Waals surface area contributed by atoms with Gasteiger partial charge in [-0.15, -0.1) is 0 Å². The van der Waals surface area contributed by atoms with Crippen LogP contribution in [0.1, 0.15) is 19.8 Å². The maximum atomic E-state index is 6.00. The molecular formula is C10H20N2O. The van der Waals surface area contributed by atoms with Gasteiger partial charge in [-0.3, -0.25) is 4.90 Å². The third kappa shape index (κ3) is 2.03. The SMILES string of the molecule is CC1CN(C2CCOCC2)CC1N. The Balaban J connectivity index is 1.87. The second kappa shape index (κ2) is 3.95. The molecule has 0 spiro atoms. The third-order valence-corrected chi connectivity index (χ3v) is 3.41. The molecule has 3 heteroatoms. The van der Waals surface area contributed by atoms with Crippen molar-refractivity contribution in [1.82, 2.24) is 4.90 Å². The fraction of sp³-hybridized carbons (Fsp3) is 1.00. The van der Waals surface area contributed by atoms with Crippen molar-refractivity contribution in [2.24, 2.45) is 11.7 Å². The summed E-state index contributed by atoms with van der Waals surface area (Å²) >= 11 is 0. The zero-order chi connectivity index (χ0) is 9.26. The van der Waals surface area contributed by atoms with Crippen LogP contribution in [0.4, 0.5) is 0 Å². The molecule has 0 bridgehead atoms. The van der Waals surface area contributed by atoms with E-state index in [4.69, 9.17) is 10.5 Å². The molecule has 2 atom stereocenters. The molecule has 2 N–H and O–H groups in total. The highest BCUT2D eigenvalue weighted by molar-refractivity contribution is 4.88. The second-order valence-electron chi connectivity index (χ2n) is 4.44. The van der Waals surface area contributed by atoms with E-state index in [0.717, 1.165) is 25.8 Å². The lowest BCUT2D eigenvalue weighted by atomic mass is 10.1. The molecule has 3 nitrogen and oxygen atoms in total. The van der Waals surface area contributed by atoms with Gasteiger partial charge < -0.3 is 10.5 Å². The van der Waals surface area contributed by atoms with Gasteiger partial charge >= 0.3 is 0 Å². The highest BCUT2D eigenvalue weighted by atomic mass is 16.5. The average Bonchev–Trinajstić information content (AvgIpc) is 2.49. The first kappa shape index (κ1) is 9.44. The average molecular weight is 184 g/mol. The maximum Gasteiger partial charge on any atom is 0.0480 e. The molecule has 2 unspecified atom stereocenters. The van der Waals surface area contributed by atoms with Crippen molar-refractivity contribution in [3.8, 4) is 0 Å². The van der Waals surface area contributed by atoms with E-state index in [9.17, 15) is 0 Å². The van der Waals surface area contributed by atoms with Crippen LogP contribution in [0.5, 0.6) is 0 Å². The Morgan fingerprint density at radius 2 is 1.92 bits per heavy atom. The van der Waals surface area contributed by atoms with Crippen LogP contribution in [0, 0.1) is 5.92 Å². The lowest BCUT2D eigenvalue weighted by molar-refractivity contribution is 0.0411. The Morgan fingerprint density at radius 1 is 1.23 bits per heavy atom. The molecule has 0 aromatic heterocycles. The molecule has 2 rings (SSSR count). The van der Waals surface area contributed by atoms with Gasteiger partial charge in [0.1, 0.15) is 0 Å². The molecule has 0 aromatic carbocycles. The van der Waals surface area contributed by atoms with Gasteiger partial charge in [-0.05, 0) is 18.8 Å². The van der Waals surface area contributed by atoms with Crippen LogP contribution in [-0.2, 0) is 4.74 Å². The Morgan fingerprint density at radius 3 is 2.46 bits per heavy atom. The predicted octanol–water partition coefficient (Wildman–Crippen LogP) is 0.444. The van der Waals surface area contributed by atoms with E-state index < -0.39 is 0 Å². The normalized spacial score (nSPS) is 38.3. The van der Waals surface area contributed by atoms with Crippen molar-refractivity contribution in [3.63, 3.8) is 0 Å². The monoisotopic (exact) mass is 184 g/mol.